The number of nitrogens with zero attached hydrogens (tertiary/aromatic N) is 1. The van der Waals surface area contributed by atoms with Gasteiger partial charge in [-0.1, -0.05) is 6.92 Å². The minimum Gasteiger partial charge on any atom is -0.459 e. The molecule has 1 aromatic carbocycles. The Morgan fingerprint density at radius 2 is 1.73 bits per heavy atom. The van der Waals surface area contributed by atoms with Gasteiger partial charge in [0.1, 0.15) is 6.10 Å². The molecule has 1 aromatic rings. The summed E-state index contributed by atoms with van der Waals surface area (Å²) in [7, 11) is 0. The largest absolute Gasteiger partial charge is 0.459 e. The molecule has 1 amide bonds. The Morgan fingerprint density at radius 3 is 2.43 bits per heavy atom. The molecule has 1 N–H and O–H groups in total. The van der Waals surface area contributed by atoms with Crippen LogP contribution in [0.1, 0.15) is 82.0 Å². The zero-order valence-electron chi connectivity index (χ0n) is 22.3. The summed E-state index contributed by atoms with van der Waals surface area (Å²) in [4.78, 5) is 27.3. The normalized spacial score (nSPS) is 37.0. The number of halogens is 2. The van der Waals surface area contributed by atoms with E-state index in [4.69, 9.17) is 27.9 Å². The van der Waals surface area contributed by atoms with E-state index in [9.17, 15) is 9.59 Å². The molecule has 3 aliphatic carbocycles. The average Bonchev–Trinajstić information content (AvgIpc) is 2.88. The highest BCUT2D eigenvalue weighted by Crippen LogP contribution is 2.62. The number of fused-ring (bicyclic) bond motifs is 5. The first-order valence-electron chi connectivity index (χ1n) is 14.3. The summed E-state index contributed by atoms with van der Waals surface area (Å²) >= 11 is 11.9. The van der Waals surface area contributed by atoms with Crippen molar-refractivity contribution in [2.24, 2.45) is 29.1 Å². The monoisotopic (exact) mass is 548 g/mol. The van der Waals surface area contributed by atoms with Gasteiger partial charge in [-0.2, -0.15) is 0 Å². The van der Waals surface area contributed by atoms with Gasteiger partial charge in [0.15, 0.2) is 0 Å². The fraction of sp³-hybridized carbons (Fsp3) is 0.733. The zero-order valence-corrected chi connectivity index (χ0v) is 23.8. The Morgan fingerprint density at radius 1 is 1.00 bits per heavy atom. The number of hydrogen-bond acceptors (Lipinski definition) is 4. The van der Waals surface area contributed by atoms with Crippen LogP contribution >= 0.6 is 23.2 Å². The van der Waals surface area contributed by atoms with Crippen LogP contribution in [0.25, 0.3) is 0 Å². The molecule has 7 atom stereocenters. The number of carbonyl (C=O) groups is 2. The van der Waals surface area contributed by atoms with Crippen LogP contribution in [0, 0.1) is 29.1 Å². The number of hydrogen-bond donors (Lipinski definition) is 1. The van der Waals surface area contributed by atoms with E-state index >= 15 is 0 Å². The van der Waals surface area contributed by atoms with Crippen molar-refractivity contribution in [3.8, 4) is 0 Å². The van der Waals surface area contributed by atoms with E-state index in [1.165, 1.54) is 19.3 Å². The Balaban J connectivity index is 1.20. The van der Waals surface area contributed by atoms with Crippen LogP contribution in [0.4, 0.5) is 5.69 Å². The van der Waals surface area contributed by atoms with Crippen LogP contribution < -0.4 is 10.2 Å². The number of ether oxygens (including phenoxy) is 1. The zero-order chi connectivity index (χ0) is 26.2. The molecule has 7 heteroatoms. The number of esters is 1. The third-order valence-electron chi connectivity index (χ3n) is 10.6. The van der Waals surface area contributed by atoms with Gasteiger partial charge in [-0.15, -0.1) is 23.2 Å². The number of benzene rings is 1. The van der Waals surface area contributed by atoms with Crippen molar-refractivity contribution in [2.75, 3.05) is 29.7 Å². The number of alkyl halides is 2. The molecule has 3 saturated carbocycles. The Kier molecular flexibility index (Phi) is 8.03. The highest BCUT2D eigenvalue weighted by atomic mass is 35.5. The van der Waals surface area contributed by atoms with E-state index in [2.05, 4.69) is 24.1 Å². The molecule has 0 unspecified atom stereocenters. The summed E-state index contributed by atoms with van der Waals surface area (Å²) in [6.45, 7) is 6.24. The number of rotatable bonds is 7. The fourth-order valence-electron chi connectivity index (χ4n) is 8.60. The molecule has 37 heavy (non-hydrogen) atoms. The lowest BCUT2D eigenvalue weighted by molar-refractivity contribution is -0.142. The average molecular weight is 550 g/mol. The fourth-order valence-corrected chi connectivity index (χ4v) is 9.01. The van der Waals surface area contributed by atoms with E-state index in [0.29, 0.717) is 52.8 Å². The van der Waals surface area contributed by atoms with Gasteiger partial charge in [0, 0.05) is 42.5 Å². The molecule has 4 aliphatic rings. The van der Waals surface area contributed by atoms with Crippen LogP contribution in [0.5, 0.6) is 0 Å². The lowest BCUT2D eigenvalue weighted by atomic mass is 9.45. The Bertz CT molecular complexity index is 982. The van der Waals surface area contributed by atoms with Crippen molar-refractivity contribution in [2.45, 2.75) is 83.3 Å². The first-order valence-corrected chi connectivity index (χ1v) is 15.3. The molecule has 204 valence electrons. The van der Waals surface area contributed by atoms with Crippen molar-refractivity contribution in [1.29, 1.82) is 0 Å². The van der Waals surface area contributed by atoms with Crippen molar-refractivity contribution in [3.05, 3.63) is 29.8 Å². The topological polar surface area (TPSA) is 58.6 Å². The molecule has 4 fully saturated rings. The molecule has 0 spiro atoms. The SMILES string of the molecule is C[C@]12CC[C@H](OC(=O)c3ccc(N(CCCl)CCCl)cc3)C[C@@H]1CC[C@@H]1[C@@H]2CC[C@]2(C)NC(=O)CC[C@@H]12. The third-order valence-corrected chi connectivity index (χ3v) is 10.9. The van der Waals surface area contributed by atoms with Crippen molar-refractivity contribution in [3.63, 3.8) is 0 Å². The predicted octanol–water partition coefficient (Wildman–Crippen LogP) is 6.41. The molecule has 0 bridgehead atoms. The van der Waals surface area contributed by atoms with Crippen molar-refractivity contribution >= 4 is 40.8 Å². The summed E-state index contributed by atoms with van der Waals surface area (Å²) in [6.07, 6.45) is 9.49. The third kappa shape index (κ3) is 5.24. The van der Waals surface area contributed by atoms with Crippen molar-refractivity contribution < 1.29 is 14.3 Å². The van der Waals surface area contributed by atoms with E-state index in [-0.39, 0.29) is 23.5 Å². The van der Waals surface area contributed by atoms with Crippen LogP contribution in [0.3, 0.4) is 0 Å². The maximum absolute atomic E-state index is 13.0. The molecule has 5 rings (SSSR count). The summed E-state index contributed by atoms with van der Waals surface area (Å²) in [5, 5.41) is 3.37. The molecule has 0 aromatic heterocycles. The van der Waals surface area contributed by atoms with Crippen LogP contribution in [-0.4, -0.2) is 48.4 Å². The number of carbonyl (C=O) groups excluding carboxylic acids is 2. The Labute approximate surface area is 232 Å². The number of amides is 1. The number of nitrogens with one attached hydrogen (secondary N) is 1. The number of piperidine rings is 1. The molecule has 5 nitrogen and oxygen atoms in total. The van der Waals surface area contributed by atoms with Gasteiger partial charge in [0.05, 0.1) is 5.56 Å². The maximum atomic E-state index is 13.0. The van der Waals surface area contributed by atoms with Gasteiger partial charge < -0.3 is 15.0 Å². The molecule has 1 heterocycles. The predicted molar refractivity (Wildman–Crippen MR) is 149 cm³/mol. The molecular weight excluding hydrogens is 507 g/mol. The van der Waals surface area contributed by atoms with Gasteiger partial charge in [-0.05, 0) is 112 Å². The summed E-state index contributed by atoms with van der Waals surface area (Å²) in [5.74, 6) is 3.69. The molecular formula is C30H42Cl2N2O3. The first kappa shape index (κ1) is 27.1. The van der Waals surface area contributed by atoms with Crippen LogP contribution in [0.2, 0.25) is 0 Å². The minimum atomic E-state index is -0.221. The van der Waals surface area contributed by atoms with Crippen LogP contribution in [0.15, 0.2) is 24.3 Å². The van der Waals surface area contributed by atoms with E-state index < -0.39 is 0 Å². The second kappa shape index (κ2) is 11.0. The molecule has 1 aliphatic heterocycles. The van der Waals surface area contributed by atoms with E-state index in [1.54, 1.807) is 0 Å². The van der Waals surface area contributed by atoms with Gasteiger partial charge in [-0.3, -0.25) is 4.79 Å². The second-order valence-electron chi connectivity index (χ2n) is 12.4. The number of anilines is 1. The van der Waals surface area contributed by atoms with Gasteiger partial charge in [0.2, 0.25) is 5.91 Å². The van der Waals surface area contributed by atoms with Crippen LogP contribution in [-0.2, 0) is 9.53 Å². The lowest BCUT2D eigenvalue weighted by Crippen LogP contribution is -2.63. The minimum absolute atomic E-state index is 0.00591. The molecule has 0 radical (unpaired) electrons. The highest BCUT2D eigenvalue weighted by Gasteiger charge is 2.58. The van der Waals surface area contributed by atoms with Gasteiger partial charge in [0.25, 0.3) is 0 Å². The summed E-state index contributed by atoms with van der Waals surface area (Å²) in [5.41, 5.74) is 1.91. The van der Waals surface area contributed by atoms with E-state index in [0.717, 1.165) is 50.9 Å². The van der Waals surface area contributed by atoms with E-state index in [1.807, 2.05) is 24.3 Å². The smallest absolute Gasteiger partial charge is 0.338 e. The van der Waals surface area contributed by atoms with Gasteiger partial charge >= 0.3 is 5.97 Å². The molecule has 1 saturated heterocycles. The first-order chi connectivity index (χ1) is 17.8. The quantitative estimate of drug-likeness (QED) is 0.316. The Hall–Kier alpha value is -1.46. The highest BCUT2D eigenvalue weighted by molar-refractivity contribution is 6.18. The van der Waals surface area contributed by atoms with Gasteiger partial charge in [-0.25, -0.2) is 4.79 Å². The summed E-state index contributed by atoms with van der Waals surface area (Å²) < 4.78 is 6.07. The lowest BCUT2D eigenvalue weighted by Gasteiger charge is -2.62. The standard InChI is InChI=1S/C30H42Cl2N2O3/c1-29-13-11-23(37-28(36)20-3-6-22(7-4-20)34(17-15-31)18-16-32)19-21(29)5-8-24-25(29)12-14-30(2)26(24)9-10-27(35)33-30/h3-4,6-7,21,23-26H,5,8-19H2,1-2H3,(H,33,35)/t21-,23-,24+,25-,26-,29-,30-/m0/s1. The maximum Gasteiger partial charge on any atom is 0.338 e. The van der Waals surface area contributed by atoms with Crippen molar-refractivity contribution in [1.82, 2.24) is 5.32 Å². The second-order valence-corrected chi connectivity index (χ2v) is 13.2. The summed E-state index contributed by atoms with van der Waals surface area (Å²) in [6, 6.07) is 7.62.